The minimum absolute atomic E-state index is 0. The zero-order valence-corrected chi connectivity index (χ0v) is 3.52. The van der Waals surface area contributed by atoms with Crippen molar-refractivity contribution in [3.05, 3.63) is 0 Å². The van der Waals surface area contributed by atoms with Gasteiger partial charge in [-0.1, -0.05) is 0 Å². The van der Waals surface area contributed by atoms with Crippen molar-refractivity contribution in [2.24, 2.45) is 0 Å². The van der Waals surface area contributed by atoms with Gasteiger partial charge in [-0.05, 0) is 0 Å². The molecule has 0 unspecified atom stereocenters. The second-order valence-electron chi connectivity index (χ2n) is 0. The maximum absolute atomic E-state index is 7.00. The summed E-state index contributed by atoms with van der Waals surface area (Å²) >= 11 is 0. The zero-order valence-electron chi connectivity index (χ0n) is 1.47. The van der Waals surface area contributed by atoms with Crippen LogP contribution in [0.2, 0.25) is 0 Å². The van der Waals surface area contributed by atoms with Gasteiger partial charge in [0.2, 0.25) is 0 Å². The summed E-state index contributed by atoms with van der Waals surface area (Å²) in [5, 5.41) is 14.0. The van der Waals surface area contributed by atoms with E-state index < -0.39 is 0 Å². The third-order valence-corrected chi connectivity index (χ3v) is 0. The first-order chi connectivity index (χ1) is 1.00. The van der Waals surface area contributed by atoms with E-state index in [2.05, 4.69) is 0 Å². The molecule has 0 atom stereocenters. The van der Waals surface area contributed by atoms with E-state index >= 15 is 0 Å². The molecule has 1 radical (unpaired) electrons. The largest absolute Gasteiger partial charge is 2.00 e. The first-order valence-electron chi connectivity index (χ1n) is 0.167. The molecule has 0 heterocycles. The molecule has 0 N–H and O–H groups in total. The molecule has 0 saturated heterocycles. The fourth-order valence-electron chi connectivity index (χ4n) is 0. The summed E-state index contributed by atoms with van der Waals surface area (Å²) in [5.41, 5.74) is 0. The predicted octanol–water partition coefficient (Wildman–Crippen LogP) is -2.38. The van der Waals surface area contributed by atoms with Gasteiger partial charge in [-0.3, -0.25) is 0 Å². The van der Waals surface area contributed by atoms with Crippen molar-refractivity contribution in [1.29, 1.82) is 0 Å². The van der Waals surface area contributed by atoms with E-state index in [1.165, 1.54) is 0 Å². The van der Waals surface area contributed by atoms with Crippen molar-refractivity contribution in [3.63, 3.8) is 0 Å². The molecule has 4 heavy (non-hydrogen) atoms. The Morgan fingerprint density at radius 3 is 1.00 bits per heavy atom. The summed E-state index contributed by atoms with van der Waals surface area (Å²) in [5.74, 6) is 0. The van der Waals surface area contributed by atoms with Crippen molar-refractivity contribution < 1.29 is 44.7 Å². The third kappa shape index (κ3) is 12.3. The van der Waals surface area contributed by atoms with E-state index in [1.54, 1.807) is 0 Å². The molecule has 0 saturated carbocycles. The summed E-state index contributed by atoms with van der Waals surface area (Å²) in [6.45, 7) is 0. The molecule has 2 nitrogen and oxygen atoms in total. The van der Waals surface area contributed by atoms with Crippen LogP contribution in [0.25, 0.3) is 0 Å². The monoisotopic (exact) mass is 151 g/mol. The molecular formula is CuFeO2. The van der Waals surface area contributed by atoms with Gasteiger partial charge in [0.25, 0.3) is 0 Å². The Hall–Kier alpha value is 0.959. The molecule has 0 aromatic heterocycles. The molecule has 0 bridgehead atoms. The minimum Gasteiger partial charge on any atom is -1.00 e. The van der Waals surface area contributed by atoms with Crippen LogP contribution in [-0.2, 0) is 34.1 Å². The summed E-state index contributed by atoms with van der Waals surface area (Å²) < 4.78 is 0. The molecular weight excluding hydrogens is 151 g/mol. The van der Waals surface area contributed by atoms with Gasteiger partial charge in [0.05, 0.1) is 0 Å². The molecule has 0 spiro atoms. The fourth-order valence-corrected chi connectivity index (χ4v) is 0. The van der Waals surface area contributed by atoms with Crippen LogP contribution in [0.1, 0.15) is 0 Å². The average molecular weight is 151 g/mol. The van der Waals surface area contributed by atoms with Crippen LogP contribution in [0.5, 0.6) is 0 Å². The van der Waals surface area contributed by atoms with Crippen LogP contribution in [0, 0.1) is 0 Å². The molecule has 0 fully saturated rings. The smallest absolute Gasteiger partial charge is 1.00 e. The van der Waals surface area contributed by atoms with Crippen LogP contribution >= 0.6 is 0 Å². The molecule has 0 amide bonds. The maximum Gasteiger partial charge on any atom is 2.00 e. The summed E-state index contributed by atoms with van der Waals surface area (Å²) in [7, 11) is 0. The van der Waals surface area contributed by atoms with E-state index in [-0.39, 0.29) is 34.1 Å². The number of hydrogen-bond donors (Lipinski definition) is 0. The molecule has 0 aliphatic heterocycles. The fraction of sp³-hybridized carbons (Fsp3) is 0. The van der Waals surface area contributed by atoms with Crippen LogP contribution in [0.4, 0.5) is 0 Å². The Kier molecular flexibility index (Phi) is 191. The predicted molar refractivity (Wildman–Crippen MR) is 0 cm³/mol. The normalized spacial score (nSPS) is 1.50. The molecule has 0 aromatic rings. The van der Waals surface area contributed by atoms with E-state index in [9.17, 15) is 0 Å². The summed E-state index contributed by atoms with van der Waals surface area (Å²) in [6, 6.07) is 0. The van der Waals surface area contributed by atoms with Gasteiger partial charge in [-0.25, -0.2) is 0 Å². The van der Waals surface area contributed by atoms with E-state index in [0.717, 1.165) is 0 Å². The standard InChI is InChI=1S/Cu.Fe.O2/c;;1-2/q;+2;-2. The first-order valence-corrected chi connectivity index (χ1v) is 0.167. The zero-order chi connectivity index (χ0) is 2.00. The van der Waals surface area contributed by atoms with Crippen LogP contribution < -0.4 is 10.5 Å². The van der Waals surface area contributed by atoms with Gasteiger partial charge < -0.3 is 10.5 Å². The van der Waals surface area contributed by atoms with Gasteiger partial charge in [0.15, 0.2) is 0 Å². The minimum atomic E-state index is 0. The maximum atomic E-state index is 7.00. The second kappa shape index (κ2) is 37.7. The topological polar surface area (TPSA) is 46.1 Å². The van der Waals surface area contributed by atoms with Gasteiger partial charge in [0.1, 0.15) is 0 Å². The van der Waals surface area contributed by atoms with Crippen molar-refractivity contribution in [2.75, 3.05) is 0 Å². The molecule has 0 rings (SSSR count). The first kappa shape index (κ1) is 20.3. The van der Waals surface area contributed by atoms with Gasteiger partial charge in [-0.2, -0.15) is 0 Å². The van der Waals surface area contributed by atoms with Gasteiger partial charge in [0, 0.05) is 17.1 Å². The van der Waals surface area contributed by atoms with E-state index in [4.69, 9.17) is 10.5 Å². The number of hydrogen-bond acceptors (Lipinski definition) is 2. The Morgan fingerprint density at radius 2 is 1.00 bits per heavy atom. The van der Waals surface area contributed by atoms with Crippen molar-refractivity contribution in [2.45, 2.75) is 0 Å². The summed E-state index contributed by atoms with van der Waals surface area (Å²) in [6.07, 6.45) is 0. The molecule has 0 aromatic carbocycles. The van der Waals surface area contributed by atoms with Crippen LogP contribution in [0.3, 0.4) is 0 Å². The van der Waals surface area contributed by atoms with Gasteiger partial charge >= 0.3 is 17.1 Å². The van der Waals surface area contributed by atoms with E-state index in [0.29, 0.717) is 0 Å². The molecule has 0 aliphatic rings. The third-order valence-electron chi connectivity index (χ3n) is 0. The van der Waals surface area contributed by atoms with Crippen molar-refractivity contribution in [1.82, 2.24) is 0 Å². The van der Waals surface area contributed by atoms with Crippen molar-refractivity contribution in [3.8, 4) is 0 Å². The van der Waals surface area contributed by atoms with E-state index in [1.807, 2.05) is 0 Å². The van der Waals surface area contributed by atoms with Crippen molar-refractivity contribution >= 4 is 0 Å². The number of rotatable bonds is 0. The summed E-state index contributed by atoms with van der Waals surface area (Å²) in [4.78, 5) is 0. The van der Waals surface area contributed by atoms with Crippen LogP contribution in [-0.4, -0.2) is 0 Å². The SMILES string of the molecule is [Cu].[Fe+2].[O-][O-]. The molecule has 4 heteroatoms. The second-order valence-corrected chi connectivity index (χ2v) is 0. The Morgan fingerprint density at radius 1 is 1.00 bits per heavy atom. The Bertz CT molecular complexity index is 6.00. The molecule has 31 valence electrons. The Labute approximate surface area is 45.1 Å². The molecule has 0 aliphatic carbocycles. The van der Waals surface area contributed by atoms with Crippen LogP contribution in [0.15, 0.2) is 0 Å². The average Bonchev–Trinajstić information content (AvgIpc) is 1.00. The Balaban J connectivity index is -0.00000000500. The van der Waals surface area contributed by atoms with Gasteiger partial charge in [-0.15, -0.1) is 0 Å². The quantitative estimate of drug-likeness (QED) is 0.220.